The van der Waals surface area contributed by atoms with Gasteiger partial charge in [-0.2, -0.15) is 0 Å². The Bertz CT molecular complexity index is 303. The molecule has 0 heterocycles. The number of hydrogen-bond donors (Lipinski definition) is 1. The summed E-state index contributed by atoms with van der Waals surface area (Å²) < 4.78 is 0. The van der Waals surface area contributed by atoms with Crippen LogP contribution in [-0.4, -0.2) is 11.2 Å². The molecule has 0 saturated carbocycles. The minimum absolute atomic E-state index is 0.191. The molecule has 1 aromatic rings. The normalized spacial score (nSPS) is 14.1. The maximum Gasteiger partial charge on any atom is 0.111 e. The van der Waals surface area contributed by atoms with Gasteiger partial charge in [-0.3, -0.25) is 0 Å². The predicted octanol–water partition coefficient (Wildman–Crippen LogP) is 2.17. The summed E-state index contributed by atoms with van der Waals surface area (Å²) in [6, 6.07) is 10.1. The van der Waals surface area contributed by atoms with Crippen LogP contribution >= 0.6 is 0 Å². The Balaban J connectivity index is 2.71. The Morgan fingerprint density at radius 1 is 1.08 bits per heavy atom. The van der Waals surface area contributed by atoms with Gasteiger partial charge in [0.15, 0.2) is 0 Å². The molecule has 0 aliphatic rings. The molecule has 0 aromatic heterocycles. The maximum atomic E-state index is 8.97. The second kappa shape index (κ2) is 4.69. The van der Waals surface area contributed by atoms with Crippen LogP contribution in [0.1, 0.15) is 25.3 Å². The Hall–Kier alpha value is -1.26. The molecular weight excluding hydrogens is 160 g/mol. The predicted molar refractivity (Wildman–Crippen MR) is 54.3 cm³/mol. The number of aliphatic hydroxyl groups excluding tert-OH is 1. The summed E-state index contributed by atoms with van der Waals surface area (Å²) in [7, 11) is 0. The van der Waals surface area contributed by atoms with Crippen molar-refractivity contribution in [1.82, 2.24) is 0 Å². The highest BCUT2D eigenvalue weighted by Crippen LogP contribution is 2.12. The minimum atomic E-state index is -0.536. The monoisotopic (exact) mass is 174 g/mol. The van der Waals surface area contributed by atoms with Gasteiger partial charge in [0.25, 0.3) is 0 Å². The molecule has 0 radical (unpaired) electrons. The lowest BCUT2D eigenvalue weighted by molar-refractivity contribution is 0.253. The van der Waals surface area contributed by atoms with E-state index in [1.54, 1.807) is 6.92 Å². The molecule has 0 saturated heterocycles. The first-order valence-corrected chi connectivity index (χ1v) is 4.44. The summed E-state index contributed by atoms with van der Waals surface area (Å²) in [6.45, 7) is 3.70. The smallest absolute Gasteiger partial charge is 0.111 e. The van der Waals surface area contributed by atoms with Crippen LogP contribution in [0.3, 0.4) is 0 Å². The van der Waals surface area contributed by atoms with Crippen LogP contribution in [-0.2, 0) is 0 Å². The summed E-state index contributed by atoms with van der Waals surface area (Å²) in [5.74, 6) is 5.94. The zero-order valence-electron chi connectivity index (χ0n) is 7.99. The molecular formula is C12H14O. The van der Waals surface area contributed by atoms with Crippen molar-refractivity contribution in [1.29, 1.82) is 0 Å². The summed E-state index contributed by atoms with van der Waals surface area (Å²) >= 11 is 0. The molecule has 0 spiro atoms. The third-order valence-corrected chi connectivity index (χ3v) is 1.81. The van der Waals surface area contributed by atoms with E-state index in [2.05, 4.69) is 11.8 Å². The molecule has 0 unspecified atom stereocenters. The van der Waals surface area contributed by atoms with Crippen LogP contribution in [0.2, 0.25) is 0 Å². The third-order valence-electron chi connectivity index (χ3n) is 1.81. The molecule has 68 valence electrons. The lowest BCUT2D eigenvalue weighted by Gasteiger charge is -2.02. The van der Waals surface area contributed by atoms with Crippen LogP contribution < -0.4 is 0 Å². The van der Waals surface area contributed by atoms with Gasteiger partial charge >= 0.3 is 0 Å². The van der Waals surface area contributed by atoms with Crippen molar-refractivity contribution >= 4 is 0 Å². The van der Waals surface area contributed by atoms with Gasteiger partial charge in [0, 0.05) is 5.92 Å². The van der Waals surface area contributed by atoms with Crippen LogP contribution in [0.25, 0.3) is 0 Å². The zero-order valence-corrected chi connectivity index (χ0v) is 7.99. The quantitative estimate of drug-likeness (QED) is 0.647. The molecule has 0 bridgehead atoms. The lowest BCUT2D eigenvalue weighted by atomic mass is 10.0. The first kappa shape index (κ1) is 9.83. The molecule has 1 rings (SSSR count). The second-order valence-electron chi connectivity index (χ2n) is 3.10. The number of rotatable bonds is 1. The molecule has 0 aliphatic heterocycles. The zero-order chi connectivity index (χ0) is 9.68. The van der Waals surface area contributed by atoms with E-state index >= 15 is 0 Å². The Morgan fingerprint density at radius 2 is 1.69 bits per heavy atom. The summed E-state index contributed by atoms with van der Waals surface area (Å²) in [4.78, 5) is 0. The van der Waals surface area contributed by atoms with E-state index < -0.39 is 6.10 Å². The van der Waals surface area contributed by atoms with Crippen molar-refractivity contribution in [3.63, 3.8) is 0 Å². The molecule has 0 fully saturated rings. The standard InChI is InChI=1S/C12H14O/c1-10(8-9-11(2)13)12-6-4-3-5-7-12/h3-7,10-11,13H,1-2H3/t10-,11-/m0/s1. The molecule has 0 aliphatic carbocycles. The van der Waals surface area contributed by atoms with Crippen molar-refractivity contribution < 1.29 is 5.11 Å². The summed E-state index contributed by atoms with van der Waals surface area (Å²) in [5, 5.41) is 8.97. The van der Waals surface area contributed by atoms with E-state index in [-0.39, 0.29) is 5.92 Å². The molecule has 0 amide bonds. The number of aliphatic hydroxyl groups is 1. The van der Waals surface area contributed by atoms with E-state index in [1.807, 2.05) is 37.3 Å². The average molecular weight is 174 g/mol. The first-order chi connectivity index (χ1) is 6.20. The third kappa shape index (κ3) is 3.31. The molecule has 1 heteroatoms. The fourth-order valence-electron chi connectivity index (χ4n) is 1.07. The van der Waals surface area contributed by atoms with Crippen LogP contribution in [0, 0.1) is 11.8 Å². The fraction of sp³-hybridized carbons (Fsp3) is 0.333. The van der Waals surface area contributed by atoms with Crippen molar-refractivity contribution in [3.8, 4) is 11.8 Å². The van der Waals surface area contributed by atoms with Crippen molar-refractivity contribution in [2.75, 3.05) is 0 Å². The molecule has 1 N–H and O–H groups in total. The van der Waals surface area contributed by atoms with Gasteiger partial charge in [0.1, 0.15) is 6.10 Å². The van der Waals surface area contributed by atoms with Crippen LogP contribution in [0.15, 0.2) is 30.3 Å². The van der Waals surface area contributed by atoms with E-state index in [4.69, 9.17) is 5.11 Å². The Kier molecular flexibility index (Phi) is 3.54. The Labute approximate surface area is 79.4 Å². The maximum absolute atomic E-state index is 8.97. The van der Waals surface area contributed by atoms with Crippen LogP contribution in [0.4, 0.5) is 0 Å². The second-order valence-corrected chi connectivity index (χ2v) is 3.10. The van der Waals surface area contributed by atoms with Gasteiger partial charge in [0.2, 0.25) is 0 Å². The minimum Gasteiger partial charge on any atom is -0.381 e. The fourth-order valence-corrected chi connectivity index (χ4v) is 1.07. The van der Waals surface area contributed by atoms with Gasteiger partial charge in [0.05, 0.1) is 0 Å². The van der Waals surface area contributed by atoms with Crippen molar-refractivity contribution in [3.05, 3.63) is 35.9 Å². The highest BCUT2D eigenvalue weighted by Gasteiger charge is 1.99. The average Bonchev–Trinajstić information content (AvgIpc) is 2.15. The van der Waals surface area contributed by atoms with Gasteiger partial charge in [-0.15, -0.1) is 0 Å². The topological polar surface area (TPSA) is 20.2 Å². The van der Waals surface area contributed by atoms with E-state index in [1.165, 1.54) is 5.56 Å². The lowest BCUT2D eigenvalue weighted by Crippen LogP contribution is -1.95. The van der Waals surface area contributed by atoms with E-state index in [0.29, 0.717) is 0 Å². The van der Waals surface area contributed by atoms with Gasteiger partial charge in [-0.1, -0.05) is 42.2 Å². The van der Waals surface area contributed by atoms with E-state index in [0.717, 1.165) is 0 Å². The molecule has 1 aromatic carbocycles. The van der Waals surface area contributed by atoms with Crippen molar-refractivity contribution in [2.24, 2.45) is 0 Å². The molecule has 1 nitrogen and oxygen atoms in total. The van der Waals surface area contributed by atoms with Gasteiger partial charge in [-0.05, 0) is 19.4 Å². The molecule has 2 atom stereocenters. The van der Waals surface area contributed by atoms with Gasteiger partial charge < -0.3 is 5.11 Å². The van der Waals surface area contributed by atoms with E-state index in [9.17, 15) is 0 Å². The highest BCUT2D eigenvalue weighted by atomic mass is 16.3. The summed E-state index contributed by atoms with van der Waals surface area (Å²) in [6.07, 6.45) is -0.536. The van der Waals surface area contributed by atoms with Gasteiger partial charge in [-0.25, -0.2) is 0 Å². The largest absolute Gasteiger partial charge is 0.381 e. The molecule has 13 heavy (non-hydrogen) atoms. The van der Waals surface area contributed by atoms with Crippen molar-refractivity contribution in [2.45, 2.75) is 25.9 Å². The summed E-state index contributed by atoms with van der Waals surface area (Å²) in [5.41, 5.74) is 1.19. The number of benzene rings is 1. The SMILES string of the molecule is C[C@H](O)C#C[C@H](C)c1ccccc1. The first-order valence-electron chi connectivity index (χ1n) is 4.44. The highest BCUT2D eigenvalue weighted by molar-refractivity contribution is 5.27. The van der Waals surface area contributed by atoms with Crippen LogP contribution in [0.5, 0.6) is 0 Å². The number of hydrogen-bond acceptors (Lipinski definition) is 1. The Morgan fingerprint density at radius 3 is 2.23 bits per heavy atom.